The van der Waals surface area contributed by atoms with Gasteiger partial charge in [-0.15, -0.1) is 0 Å². The standard InChI is InChI=1S/C17H13ClO4/c18-14-4-2-1-3-13(14)6-8-17(19)20-10-12-5-7-15-16(9-12)22-11-21-15/h1-9H,10-11H2/b8-6+. The second-order valence-corrected chi connectivity index (χ2v) is 5.06. The molecule has 0 amide bonds. The van der Waals surface area contributed by atoms with Crippen LogP contribution in [-0.2, 0) is 16.1 Å². The molecule has 0 aliphatic carbocycles. The maximum Gasteiger partial charge on any atom is 0.331 e. The minimum absolute atomic E-state index is 0.169. The monoisotopic (exact) mass is 316 g/mol. The maximum atomic E-state index is 11.7. The molecular weight excluding hydrogens is 304 g/mol. The Bertz CT molecular complexity index is 724. The number of carbonyl (C=O) groups excluding carboxylic acids is 1. The number of benzene rings is 2. The molecule has 1 heterocycles. The normalized spacial score (nSPS) is 12.6. The molecule has 0 spiro atoms. The molecule has 0 aromatic heterocycles. The molecule has 0 saturated carbocycles. The fourth-order valence-electron chi connectivity index (χ4n) is 2.00. The molecule has 3 rings (SSSR count). The molecule has 5 heteroatoms. The lowest BCUT2D eigenvalue weighted by Gasteiger charge is -2.04. The third-order valence-electron chi connectivity index (χ3n) is 3.12. The molecular formula is C17H13ClO4. The first kappa shape index (κ1) is 14.5. The SMILES string of the molecule is O=C(/C=C/c1ccccc1Cl)OCc1ccc2c(c1)OCO2. The first-order valence-corrected chi connectivity index (χ1v) is 7.08. The van der Waals surface area contributed by atoms with Crippen LogP contribution in [0.1, 0.15) is 11.1 Å². The fourth-order valence-corrected chi connectivity index (χ4v) is 2.20. The molecule has 0 atom stereocenters. The zero-order chi connectivity index (χ0) is 15.4. The van der Waals surface area contributed by atoms with Crippen LogP contribution in [0.25, 0.3) is 6.08 Å². The van der Waals surface area contributed by atoms with Gasteiger partial charge < -0.3 is 14.2 Å². The molecule has 0 saturated heterocycles. The molecule has 4 nitrogen and oxygen atoms in total. The van der Waals surface area contributed by atoms with E-state index in [1.807, 2.05) is 24.3 Å². The van der Waals surface area contributed by atoms with Gasteiger partial charge in [-0.1, -0.05) is 35.9 Å². The summed E-state index contributed by atoms with van der Waals surface area (Å²) in [7, 11) is 0. The Labute approximate surface area is 132 Å². The lowest BCUT2D eigenvalue weighted by atomic mass is 10.2. The largest absolute Gasteiger partial charge is 0.458 e. The van der Waals surface area contributed by atoms with Crippen LogP contribution < -0.4 is 9.47 Å². The molecule has 0 radical (unpaired) electrons. The van der Waals surface area contributed by atoms with E-state index in [0.717, 1.165) is 11.1 Å². The van der Waals surface area contributed by atoms with Gasteiger partial charge in [0.05, 0.1) is 0 Å². The third-order valence-corrected chi connectivity index (χ3v) is 3.47. The number of hydrogen-bond donors (Lipinski definition) is 0. The average Bonchev–Trinajstić information content (AvgIpc) is 2.99. The lowest BCUT2D eigenvalue weighted by molar-refractivity contribution is -0.138. The Hall–Kier alpha value is -2.46. The summed E-state index contributed by atoms with van der Waals surface area (Å²) in [6, 6.07) is 12.7. The van der Waals surface area contributed by atoms with Gasteiger partial charge in [-0.25, -0.2) is 4.79 Å². The lowest BCUT2D eigenvalue weighted by Crippen LogP contribution is -2.00. The quantitative estimate of drug-likeness (QED) is 0.635. The fraction of sp³-hybridized carbons (Fsp3) is 0.118. The zero-order valence-corrected chi connectivity index (χ0v) is 12.4. The zero-order valence-electron chi connectivity index (χ0n) is 11.6. The molecule has 0 unspecified atom stereocenters. The third kappa shape index (κ3) is 3.40. The van der Waals surface area contributed by atoms with Crippen molar-refractivity contribution in [3.63, 3.8) is 0 Å². The van der Waals surface area contributed by atoms with E-state index in [0.29, 0.717) is 16.5 Å². The summed E-state index contributed by atoms with van der Waals surface area (Å²) in [6.45, 7) is 0.390. The molecule has 0 fully saturated rings. The van der Waals surface area contributed by atoms with Gasteiger partial charge in [0, 0.05) is 11.1 Å². The Kier molecular flexibility index (Phi) is 4.30. The van der Waals surface area contributed by atoms with E-state index < -0.39 is 5.97 Å². The Morgan fingerprint density at radius 1 is 1.18 bits per heavy atom. The van der Waals surface area contributed by atoms with E-state index in [1.54, 1.807) is 24.3 Å². The minimum atomic E-state index is -0.433. The molecule has 1 aliphatic rings. The summed E-state index contributed by atoms with van der Waals surface area (Å²) in [4.78, 5) is 11.7. The van der Waals surface area contributed by atoms with Crippen LogP contribution in [0.3, 0.4) is 0 Å². The van der Waals surface area contributed by atoms with Crippen molar-refractivity contribution in [2.75, 3.05) is 6.79 Å². The van der Waals surface area contributed by atoms with E-state index in [1.165, 1.54) is 6.08 Å². The van der Waals surface area contributed by atoms with E-state index in [-0.39, 0.29) is 13.4 Å². The van der Waals surface area contributed by atoms with Gasteiger partial charge in [0.2, 0.25) is 6.79 Å². The second-order valence-electron chi connectivity index (χ2n) is 4.65. The molecule has 0 N–H and O–H groups in total. The summed E-state index contributed by atoms with van der Waals surface area (Å²) < 4.78 is 15.7. The van der Waals surface area contributed by atoms with E-state index >= 15 is 0 Å². The summed E-state index contributed by atoms with van der Waals surface area (Å²) >= 11 is 6.01. The molecule has 1 aliphatic heterocycles. The molecule has 22 heavy (non-hydrogen) atoms. The Morgan fingerprint density at radius 2 is 2.00 bits per heavy atom. The van der Waals surface area contributed by atoms with Crippen molar-refractivity contribution in [2.45, 2.75) is 6.61 Å². The summed E-state index contributed by atoms with van der Waals surface area (Å²) in [5.41, 5.74) is 1.60. The van der Waals surface area contributed by atoms with Crippen molar-refractivity contribution in [1.29, 1.82) is 0 Å². The molecule has 2 aromatic carbocycles. The molecule has 112 valence electrons. The van der Waals surface area contributed by atoms with Crippen molar-refractivity contribution >= 4 is 23.6 Å². The summed E-state index contributed by atoms with van der Waals surface area (Å²) in [6.07, 6.45) is 2.98. The van der Waals surface area contributed by atoms with Gasteiger partial charge in [-0.3, -0.25) is 0 Å². The maximum absolute atomic E-state index is 11.7. The van der Waals surface area contributed by atoms with E-state index in [9.17, 15) is 4.79 Å². The van der Waals surface area contributed by atoms with Crippen molar-refractivity contribution in [3.8, 4) is 11.5 Å². The first-order chi connectivity index (χ1) is 10.7. The van der Waals surface area contributed by atoms with Crippen LogP contribution >= 0.6 is 11.6 Å². The highest BCUT2D eigenvalue weighted by Gasteiger charge is 2.13. The first-order valence-electron chi connectivity index (χ1n) is 6.70. The number of ether oxygens (including phenoxy) is 3. The number of rotatable bonds is 4. The van der Waals surface area contributed by atoms with Crippen LogP contribution in [0.4, 0.5) is 0 Å². The Balaban J connectivity index is 1.57. The summed E-state index contributed by atoms with van der Waals surface area (Å²) in [5, 5.41) is 0.585. The highest BCUT2D eigenvalue weighted by Crippen LogP contribution is 2.32. The van der Waals surface area contributed by atoms with Crippen LogP contribution in [0.15, 0.2) is 48.5 Å². The average molecular weight is 317 g/mol. The molecule has 2 aromatic rings. The van der Waals surface area contributed by atoms with Gasteiger partial charge in [0.25, 0.3) is 0 Å². The number of fused-ring (bicyclic) bond motifs is 1. The minimum Gasteiger partial charge on any atom is -0.458 e. The number of esters is 1. The number of halogens is 1. The second kappa shape index (κ2) is 6.54. The number of carbonyl (C=O) groups is 1. The van der Waals surface area contributed by atoms with Gasteiger partial charge in [-0.05, 0) is 35.4 Å². The predicted molar refractivity (Wildman–Crippen MR) is 82.8 cm³/mol. The van der Waals surface area contributed by atoms with Crippen LogP contribution in [-0.4, -0.2) is 12.8 Å². The van der Waals surface area contributed by atoms with E-state index in [4.69, 9.17) is 25.8 Å². The van der Waals surface area contributed by atoms with Crippen molar-refractivity contribution in [2.24, 2.45) is 0 Å². The molecule has 0 bridgehead atoms. The van der Waals surface area contributed by atoms with Crippen LogP contribution in [0.5, 0.6) is 11.5 Å². The van der Waals surface area contributed by atoms with Gasteiger partial charge in [0.1, 0.15) is 6.61 Å². The predicted octanol–water partition coefficient (Wildman–Crippen LogP) is 3.83. The topological polar surface area (TPSA) is 44.8 Å². The van der Waals surface area contributed by atoms with Crippen molar-refractivity contribution in [3.05, 3.63) is 64.7 Å². The van der Waals surface area contributed by atoms with E-state index in [2.05, 4.69) is 0 Å². The van der Waals surface area contributed by atoms with Gasteiger partial charge in [0.15, 0.2) is 11.5 Å². The number of hydrogen-bond acceptors (Lipinski definition) is 4. The van der Waals surface area contributed by atoms with Crippen molar-refractivity contribution in [1.82, 2.24) is 0 Å². The van der Waals surface area contributed by atoms with Crippen LogP contribution in [0.2, 0.25) is 5.02 Å². The Morgan fingerprint density at radius 3 is 2.86 bits per heavy atom. The highest BCUT2D eigenvalue weighted by molar-refractivity contribution is 6.32. The highest BCUT2D eigenvalue weighted by atomic mass is 35.5. The van der Waals surface area contributed by atoms with Gasteiger partial charge in [-0.2, -0.15) is 0 Å². The van der Waals surface area contributed by atoms with Crippen LogP contribution in [0, 0.1) is 0 Å². The smallest absolute Gasteiger partial charge is 0.331 e. The van der Waals surface area contributed by atoms with Crippen molar-refractivity contribution < 1.29 is 19.0 Å². The summed E-state index contributed by atoms with van der Waals surface area (Å²) in [5.74, 6) is 0.937. The van der Waals surface area contributed by atoms with Gasteiger partial charge >= 0.3 is 5.97 Å².